The molecular weight excluding hydrogens is 326 g/mol. The summed E-state index contributed by atoms with van der Waals surface area (Å²) in [5.41, 5.74) is 0.517. The lowest BCUT2D eigenvalue weighted by Gasteiger charge is -2.55. The van der Waals surface area contributed by atoms with E-state index in [0.29, 0.717) is 23.5 Å². The second kappa shape index (κ2) is 8.47. The summed E-state index contributed by atoms with van der Waals surface area (Å²) in [5.74, 6) is 1.62. The van der Waals surface area contributed by atoms with E-state index in [1.54, 1.807) is 0 Å². The first kappa shape index (κ1) is 19.9. The fraction of sp³-hybridized carbons (Fsp3) is 0.952. The minimum atomic E-state index is 0.178. The highest BCUT2D eigenvalue weighted by atomic mass is 16.5. The number of nitrogens with zero attached hydrogens (tertiary/aromatic N) is 1. The third-order valence-electron chi connectivity index (χ3n) is 6.95. The molecule has 3 aliphatic rings. The predicted octanol–water partition coefficient (Wildman–Crippen LogP) is 3.34. The van der Waals surface area contributed by atoms with E-state index in [1.807, 2.05) is 0 Å². The molecule has 1 heterocycles. The fourth-order valence-electron chi connectivity index (χ4n) is 5.38. The molecule has 1 aliphatic heterocycles. The Labute approximate surface area is 159 Å². The Morgan fingerprint density at radius 1 is 1.23 bits per heavy atom. The lowest BCUT2D eigenvalue weighted by atomic mass is 9.57. The van der Waals surface area contributed by atoms with Gasteiger partial charge in [-0.15, -0.1) is 0 Å². The van der Waals surface area contributed by atoms with Gasteiger partial charge in [-0.3, -0.25) is 4.99 Å². The van der Waals surface area contributed by atoms with Crippen molar-refractivity contribution in [2.45, 2.75) is 78.4 Å². The number of ether oxygens (including phenoxy) is 2. The summed E-state index contributed by atoms with van der Waals surface area (Å²) in [4.78, 5) is 5.05. The van der Waals surface area contributed by atoms with Crippen LogP contribution in [0.5, 0.6) is 0 Å². The van der Waals surface area contributed by atoms with Crippen LogP contribution in [0.3, 0.4) is 0 Å². The first-order valence-electron chi connectivity index (χ1n) is 10.8. The zero-order valence-electron chi connectivity index (χ0n) is 17.3. The molecule has 3 rings (SSSR count). The van der Waals surface area contributed by atoms with Crippen molar-refractivity contribution < 1.29 is 9.47 Å². The smallest absolute Gasteiger partial charge is 0.191 e. The lowest BCUT2D eigenvalue weighted by Crippen LogP contribution is -2.68. The summed E-state index contributed by atoms with van der Waals surface area (Å²) in [6, 6.07) is 0.454. The standard InChI is InChI=1S/C21H39N3O2/c1-5-22-19(24-17-16-9-13-26-18(16)20(17,3)4)23-15-21(10-7-8-11-21)12-14-25-6-2/h16-18H,5-15H2,1-4H3,(H2,22,23,24). The molecule has 3 atom stereocenters. The highest BCUT2D eigenvalue weighted by Crippen LogP contribution is 2.52. The van der Waals surface area contributed by atoms with Crippen molar-refractivity contribution in [3.63, 3.8) is 0 Å². The van der Waals surface area contributed by atoms with Gasteiger partial charge >= 0.3 is 0 Å². The van der Waals surface area contributed by atoms with Crippen LogP contribution in [0.2, 0.25) is 0 Å². The molecule has 0 aromatic heterocycles. The molecule has 0 radical (unpaired) electrons. The molecular formula is C21H39N3O2. The molecule has 2 aliphatic carbocycles. The highest BCUT2D eigenvalue weighted by molar-refractivity contribution is 5.80. The third-order valence-corrected chi connectivity index (χ3v) is 6.95. The molecule has 0 aromatic carbocycles. The van der Waals surface area contributed by atoms with Gasteiger partial charge in [0.25, 0.3) is 0 Å². The maximum atomic E-state index is 5.94. The molecule has 0 amide bonds. The quantitative estimate of drug-likeness (QED) is 0.393. The van der Waals surface area contributed by atoms with E-state index in [2.05, 4.69) is 38.3 Å². The number of rotatable bonds is 8. The van der Waals surface area contributed by atoms with E-state index in [4.69, 9.17) is 14.5 Å². The van der Waals surface area contributed by atoms with Crippen LogP contribution in [0.25, 0.3) is 0 Å². The zero-order chi connectivity index (χ0) is 18.6. The molecule has 2 saturated carbocycles. The Hall–Kier alpha value is -0.810. The van der Waals surface area contributed by atoms with Gasteiger partial charge in [-0.05, 0) is 44.9 Å². The van der Waals surface area contributed by atoms with Gasteiger partial charge in [-0.2, -0.15) is 0 Å². The summed E-state index contributed by atoms with van der Waals surface area (Å²) in [7, 11) is 0. The second-order valence-corrected chi connectivity index (χ2v) is 9.04. The Bertz CT molecular complexity index is 486. The number of hydrogen-bond donors (Lipinski definition) is 2. The molecule has 3 unspecified atom stereocenters. The number of fused-ring (bicyclic) bond motifs is 1. The van der Waals surface area contributed by atoms with Crippen LogP contribution >= 0.6 is 0 Å². The van der Waals surface area contributed by atoms with Gasteiger partial charge in [-0.25, -0.2) is 0 Å². The fourth-order valence-corrected chi connectivity index (χ4v) is 5.38. The molecule has 5 heteroatoms. The molecule has 0 bridgehead atoms. The number of hydrogen-bond acceptors (Lipinski definition) is 3. The first-order chi connectivity index (χ1) is 12.5. The molecule has 3 fully saturated rings. The van der Waals surface area contributed by atoms with E-state index in [1.165, 1.54) is 32.1 Å². The van der Waals surface area contributed by atoms with Gasteiger partial charge in [0.2, 0.25) is 0 Å². The van der Waals surface area contributed by atoms with Crippen molar-refractivity contribution in [1.82, 2.24) is 10.6 Å². The molecule has 150 valence electrons. The van der Waals surface area contributed by atoms with Crippen LogP contribution in [0, 0.1) is 16.7 Å². The Balaban J connectivity index is 1.63. The van der Waals surface area contributed by atoms with Crippen LogP contribution in [-0.4, -0.2) is 51.0 Å². The molecule has 0 aromatic rings. The van der Waals surface area contributed by atoms with Crippen LogP contribution in [0.4, 0.5) is 0 Å². The highest BCUT2D eigenvalue weighted by Gasteiger charge is 2.59. The van der Waals surface area contributed by atoms with Gasteiger partial charge in [-0.1, -0.05) is 26.7 Å². The molecule has 2 N–H and O–H groups in total. The van der Waals surface area contributed by atoms with E-state index < -0.39 is 0 Å². The average Bonchev–Trinajstić information content (AvgIpc) is 3.26. The maximum Gasteiger partial charge on any atom is 0.191 e. The van der Waals surface area contributed by atoms with Gasteiger partial charge in [0.05, 0.1) is 6.10 Å². The van der Waals surface area contributed by atoms with E-state index in [9.17, 15) is 0 Å². The van der Waals surface area contributed by atoms with Gasteiger partial charge in [0, 0.05) is 50.3 Å². The van der Waals surface area contributed by atoms with Crippen LogP contribution in [0.15, 0.2) is 4.99 Å². The zero-order valence-corrected chi connectivity index (χ0v) is 17.3. The maximum absolute atomic E-state index is 5.94. The predicted molar refractivity (Wildman–Crippen MR) is 107 cm³/mol. The summed E-state index contributed by atoms with van der Waals surface area (Å²) < 4.78 is 11.6. The van der Waals surface area contributed by atoms with Gasteiger partial charge in [0.15, 0.2) is 5.96 Å². The largest absolute Gasteiger partial charge is 0.382 e. The van der Waals surface area contributed by atoms with E-state index in [-0.39, 0.29) is 5.41 Å². The second-order valence-electron chi connectivity index (χ2n) is 9.04. The monoisotopic (exact) mass is 365 g/mol. The van der Waals surface area contributed by atoms with Crippen LogP contribution < -0.4 is 10.6 Å². The van der Waals surface area contributed by atoms with Crippen LogP contribution in [-0.2, 0) is 9.47 Å². The van der Waals surface area contributed by atoms with Crippen molar-refractivity contribution in [2.24, 2.45) is 21.7 Å². The third kappa shape index (κ3) is 4.04. The molecule has 1 saturated heterocycles. The Kier molecular flexibility index (Phi) is 6.50. The summed E-state index contributed by atoms with van der Waals surface area (Å²) >= 11 is 0. The number of guanidine groups is 1. The molecule has 26 heavy (non-hydrogen) atoms. The SMILES string of the molecule is CCNC(=NCC1(CCOCC)CCCC1)NC1C2CCOC2C1(C)C. The number of nitrogens with one attached hydrogen (secondary N) is 2. The summed E-state index contributed by atoms with van der Waals surface area (Å²) in [6.07, 6.45) is 7.97. The summed E-state index contributed by atoms with van der Waals surface area (Å²) in [5, 5.41) is 7.23. The molecule has 5 nitrogen and oxygen atoms in total. The average molecular weight is 366 g/mol. The topological polar surface area (TPSA) is 54.9 Å². The van der Waals surface area contributed by atoms with Crippen molar-refractivity contribution in [2.75, 3.05) is 32.9 Å². The first-order valence-corrected chi connectivity index (χ1v) is 10.8. The van der Waals surface area contributed by atoms with Crippen molar-refractivity contribution in [3.05, 3.63) is 0 Å². The lowest BCUT2D eigenvalue weighted by molar-refractivity contribution is -0.106. The van der Waals surface area contributed by atoms with Crippen molar-refractivity contribution >= 4 is 5.96 Å². The molecule has 0 spiro atoms. The van der Waals surface area contributed by atoms with Crippen molar-refractivity contribution in [3.8, 4) is 0 Å². The Morgan fingerprint density at radius 3 is 2.69 bits per heavy atom. The van der Waals surface area contributed by atoms with E-state index in [0.717, 1.165) is 45.3 Å². The van der Waals surface area contributed by atoms with Gasteiger partial charge in [0.1, 0.15) is 0 Å². The Morgan fingerprint density at radius 2 is 2.00 bits per heavy atom. The summed E-state index contributed by atoms with van der Waals surface area (Å²) in [6.45, 7) is 13.3. The number of aliphatic imine (C=N–C) groups is 1. The van der Waals surface area contributed by atoms with E-state index >= 15 is 0 Å². The van der Waals surface area contributed by atoms with Crippen LogP contribution in [0.1, 0.15) is 66.2 Å². The minimum Gasteiger partial charge on any atom is -0.382 e. The normalized spacial score (nSPS) is 32.2. The van der Waals surface area contributed by atoms with Gasteiger partial charge < -0.3 is 20.1 Å². The minimum absolute atomic E-state index is 0.178. The van der Waals surface area contributed by atoms with Crippen molar-refractivity contribution in [1.29, 1.82) is 0 Å².